The third-order valence-electron chi connectivity index (χ3n) is 9.99. The summed E-state index contributed by atoms with van der Waals surface area (Å²) in [6.07, 6.45) is 7.28. The third-order valence-corrected chi connectivity index (χ3v) is 23.2. The van der Waals surface area contributed by atoms with Crippen molar-refractivity contribution in [3.8, 4) is 0 Å². The zero-order chi connectivity index (χ0) is 35.2. The van der Waals surface area contributed by atoms with Crippen LogP contribution in [0, 0.1) is 5.92 Å². The Kier molecular flexibility index (Phi) is 14.8. The molecule has 1 aromatic heterocycles. The molecule has 47 heavy (non-hydrogen) atoms. The summed E-state index contributed by atoms with van der Waals surface area (Å²) < 4.78 is 20.0. The second-order valence-corrected chi connectivity index (χ2v) is 29.0. The van der Waals surface area contributed by atoms with Crippen LogP contribution < -0.4 is 0 Å². The summed E-state index contributed by atoms with van der Waals surface area (Å²) in [7, 11) is -2.79. The molecule has 1 aliphatic rings. The van der Waals surface area contributed by atoms with E-state index in [1.165, 1.54) is 16.7 Å². The van der Waals surface area contributed by atoms with Crippen molar-refractivity contribution >= 4 is 84.9 Å². The number of ketones is 1. The second-order valence-electron chi connectivity index (χ2n) is 15.6. The molecule has 0 spiro atoms. The van der Waals surface area contributed by atoms with Gasteiger partial charge in [0, 0.05) is 27.3 Å². The zero-order valence-corrected chi connectivity index (χ0v) is 35.6. The zero-order valence-electron chi connectivity index (χ0n) is 30.4. The number of fused-ring (bicyclic) bond motifs is 1. The van der Waals surface area contributed by atoms with E-state index < -0.39 is 16.6 Å². The number of carbonyl (C=O) groups excluding carboxylic acids is 2. The van der Waals surface area contributed by atoms with Crippen LogP contribution in [-0.4, -0.2) is 70.2 Å². The lowest BCUT2D eigenvalue weighted by Gasteiger charge is -2.40. The molecule has 0 N–H and O–H groups in total. The van der Waals surface area contributed by atoms with Gasteiger partial charge in [0.15, 0.2) is 16.6 Å². The number of benzene rings is 1. The number of methoxy groups -OCH3 is 1. The second kappa shape index (κ2) is 17.1. The van der Waals surface area contributed by atoms with Gasteiger partial charge in [-0.2, -0.15) is 11.8 Å². The smallest absolute Gasteiger partial charge is 0.315 e. The monoisotopic (exact) mass is 756 g/mol. The molecule has 1 fully saturated rings. The molecule has 1 heterocycles. The number of ether oxygens (including phenoxy) is 1. The summed E-state index contributed by atoms with van der Waals surface area (Å²) in [5.74, 6) is 2.12. The summed E-state index contributed by atoms with van der Waals surface area (Å²) in [6.45, 7) is 22.7. The third kappa shape index (κ3) is 11.2. The Labute approximate surface area is 303 Å². The van der Waals surface area contributed by atoms with Crippen molar-refractivity contribution in [2.45, 2.75) is 121 Å². The van der Waals surface area contributed by atoms with Crippen molar-refractivity contribution < 1.29 is 23.2 Å². The molecule has 4 atom stereocenters. The van der Waals surface area contributed by atoms with Gasteiger partial charge in [0.1, 0.15) is 5.78 Å². The van der Waals surface area contributed by atoms with Crippen LogP contribution >= 0.6 is 46.5 Å². The Balaban J connectivity index is 1.86. The minimum Gasteiger partial charge on any atom is -0.468 e. The van der Waals surface area contributed by atoms with Crippen LogP contribution in [0.5, 0.6) is 0 Å². The quantitative estimate of drug-likeness (QED) is 0.0731. The summed E-state index contributed by atoms with van der Waals surface area (Å²) >= 11 is 12.0. The van der Waals surface area contributed by atoms with Crippen LogP contribution in [0.1, 0.15) is 65.7 Å². The molecule has 0 aliphatic heterocycles. The molecule has 2 aromatic rings. The van der Waals surface area contributed by atoms with Gasteiger partial charge >= 0.3 is 5.97 Å². The average molecular weight is 758 g/mol. The average Bonchev–Trinajstić information content (AvgIpc) is 3.44. The van der Waals surface area contributed by atoms with Gasteiger partial charge < -0.3 is 13.6 Å². The topological polar surface area (TPSA) is 61.8 Å². The first kappa shape index (κ1) is 40.8. The predicted molar refractivity (Wildman–Crippen MR) is 212 cm³/mol. The number of thiophene rings is 1. The molecule has 0 radical (unpaired) electrons. The van der Waals surface area contributed by atoms with E-state index in [4.69, 9.17) is 25.2 Å². The number of thioether (sulfide) groups is 2. The Morgan fingerprint density at radius 2 is 1.72 bits per heavy atom. The first-order chi connectivity index (χ1) is 21.8. The normalized spacial score (nSPS) is 20.4. The fourth-order valence-electron chi connectivity index (χ4n) is 5.05. The number of carbonyl (C=O) groups is 2. The van der Waals surface area contributed by atoms with Crippen molar-refractivity contribution in [1.29, 1.82) is 0 Å². The van der Waals surface area contributed by atoms with Crippen LogP contribution in [0.2, 0.25) is 41.3 Å². The summed E-state index contributed by atoms with van der Waals surface area (Å²) in [6, 6.07) is 8.33. The van der Waals surface area contributed by atoms with E-state index in [1.54, 1.807) is 34.9 Å². The predicted octanol–water partition coefficient (Wildman–Crippen LogP) is 10.8. The molecular formula is C36H57ClO5S3Si2. The first-order valence-electron chi connectivity index (χ1n) is 16.8. The standard InChI is InChI=1S/C36H57ClO5S3Si2/c1-35(2,3)46(8,9)41-25(18-20-31-33(37)27-15-12-13-16-30(27)45-31)17-19-26-29(42-47(10,11)36(4,5)6)23-28(38)34(26)44-22-14-21-43-24-32(39)40-7/h12-13,15-17,19,25-26,29,34H,14,18,20-24H2,1-11H3/t25?,26?,29-,34?/m1/s1. The lowest BCUT2D eigenvalue weighted by atomic mass is 10.0. The van der Waals surface area contributed by atoms with E-state index in [1.807, 2.05) is 6.07 Å². The maximum atomic E-state index is 13.6. The van der Waals surface area contributed by atoms with E-state index in [0.29, 0.717) is 12.2 Å². The molecule has 0 saturated heterocycles. The summed E-state index contributed by atoms with van der Waals surface area (Å²) in [5.41, 5.74) is 0. The van der Waals surface area contributed by atoms with Gasteiger partial charge in [-0.05, 0) is 73.1 Å². The van der Waals surface area contributed by atoms with Gasteiger partial charge in [-0.1, -0.05) is 83.5 Å². The Morgan fingerprint density at radius 1 is 1.06 bits per heavy atom. The molecule has 1 saturated carbocycles. The molecule has 5 nitrogen and oxygen atoms in total. The summed E-state index contributed by atoms with van der Waals surface area (Å²) in [5, 5.41) is 1.92. The van der Waals surface area contributed by atoms with Crippen molar-refractivity contribution in [3.63, 3.8) is 0 Å². The Hall–Kier alpha value is -0.596. The number of aryl methyl sites for hydroxylation is 1. The Bertz CT molecular complexity index is 1380. The van der Waals surface area contributed by atoms with Gasteiger partial charge in [0.25, 0.3) is 0 Å². The highest BCUT2D eigenvalue weighted by atomic mass is 35.5. The number of hydrogen-bond donors (Lipinski definition) is 0. The first-order valence-corrected chi connectivity index (χ1v) is 26.0. The number of esters is 1. The molecule has 3 unspecified atom stereocenters. The van der Waals surface area contributed by atoms with Crippen molar-refractivity contribution in [2.75, 3.05) is 24.4 Å². The molecule has 0 amide bonds. The highest BCUT2D eigenvalue weighted by Gasteiger charge is 2.47. The minimum absolute atomic E-state index is 0.0252. The highest BCUT2D eigenvalue weighted by Crippen LogP contribution is 2.44. The molecule has 3 rings (SSSR count). The number of Topliss-reactive ketones (excluding diaryl/α,β-unsaturated/α-hetero) is 1. The van der Waals surface area contributed by atoms with Gasteiger partial charge in [0.2, 0.25) is 0 Å². The van der Waals surface area contributed by atoms with Gasteiger partial charge in [-0.15, -0.1) is 23.1 Å². The molecule has 0 bridgehead atoms. The maximum absolute atomic E-state index is 13.6. The largest absolute Gasteiger partial charge is 0.468 e. The van der Waals surface area contributed by atoms with E-state index in [2.05, 4.69) is 98.1 Å². The van der Waals surface area contributed by atoms with E-state index in [0.717, 1.165) is 41.2 Å². The molecule has 11 heteroatoms. The number of hydrogen-bond acceptors (Lipinski definition) is 8. The van der Waals surface area contributed by atoms with Crippen LogP contribution in [0.15, 0.2) is 36.4 Å². The fourth-order valence-corrected chi connectivity index (χ4v) is 11.5. The lowest BCUT2D eigenvalue weighted by molar-refractivity contribution is -0.137. The van der Waals surface area contributed by atoms with Crippen molar-refractivity contribution in [2.24, 2.45) is 5.92 Å². The van der Waals surface area contributed by atoms with Gasteiger partial charge in [-0.25, -0.2) is 0 Å². The van der Waals surface area contributed by atoms with Crippen LogP contribution in [0.3, 0.4) is 0 Å². The van der Waals surface area contributed by atoms with Crippen LogP contribution in [-0.2, 0) is 29.6 Å². The molecule has 264 valence electrons. The fraction of sp³-hybridized carbons (Fsp3) is 0.667. The summed E-state index contributed by atoms with van der Waals surface area (Å²) in [4.78, 5) is 26.3. The van der Waals surface area contributed by atoms with E-state index >= 15 is 0 Å². The van der Waals surface area contributed by atoms with E-state index in [9.17, 15) is 9.59 Å². The van der Waals surface area contributed by atoms with E-state index in [-0.39, 0.29) is 45.2 Å². The lowest BCUT2D eigenvalue weighted by Crippen LogP contribution is -2.45. The number of halogens is 1. The van der Waals surface area contributed by atoms with Crippen molar-refractivity contribution in [1.82, 2.24) is 0 Å². The molecule has 1 aliphatic carbocycles. The Morgan fingerprint density at radius 3 is 2.34 bits per heavy atom. The van der Waals surface area contributed by atoms with Crippen LogP contribution in [0.25, 0.3) is 10.1 Å². The number of rotatable bonds is 16. The molecule has 1 aromatic carbocycles. The maximum Gasteiger partial charge on any atom is 0.315 e. The molecular weight excluding hydrogens is 700 g/mol. The van der Waals surface area contributed by atoms with Crippen molar-refractivity contribution in [3.05, 3.63) is 46.3 Å². The minimum atomic E-state index is -2.12. The SMILES string of the molecule is COC(=O)CSCCCSC1C(=O)C[C@@H](O[Si](C)(C)C(C)(C)C)C1C=CC(CCc1sc2ccccc2c1Cl)O[Si](C)(C)C(C)(C)C. The van der Waals surface area contributed by atoms with Gasteiger partial charge in [0.05, 0.1) is 35.3 Å². The van der Waals surface area contributed by atoms with Gasteiger partial charge in [-0.3, -0.25) is 9.59 Å². The highest BCUT2D eigenvalue weighted by molar-refractivity contribution is 8.01. The van der Waals surface area contributed by atoms with Crippen LogP contribution in [0.4, 0.5) is 0 Å².